The number of amides is 2. The first kappa shape index (κ1) is 18.0. The monoisotopic (exact) mass is 383 g/mol. The molecule has 5 nitrogen and oxygen atoms in total. The largest absolute Gasteiger partial charge is 0.298 e. The molecule has 2 aromatic rings. The van der Waals surface area contributed by atoms with E-state index in [1.54, 1.807) is 30.6 Å². The molecule has 0 unspecified atom stereocenters. The van der Waals surface area contributed by atoms with Crippen LogP contribution in [0.15, 0.2) is 61.0 Å². The fraction of sp³-hybridized carbons (Fsp3) is 0.0526. The Hall–Kier alpha value is -2.83. The summed E-state index contributed by atoms with van der Waals surface area (Å²) in [7, 11) is 0. The number of hydrogen-bond donors (Lipinski definition) is 1. The van der Waals surface area contributed by atoms with Crippen LogP contribution in [0, 0.1) is 0 Å². The van der Waals surface area contributed by atoms with Gasteiger partial charge in [0.25, 0.3) is 11.8 Å². The van der Waals surface area contributed by atoms with E-state index in [0.29, 0.717) is 10.6 Å². The number of halogens is 1. The second kappa shape index (κ2) is 7.59. The molecule has 2 heterocycles. The van der Waals surface area contributed by atoms with E-state index in [1.807, 2.05) is 18.2 Å². The summed E-state index contributed by atoms with van der Waals surface area (Å²) in [4.78, 5) is 30.3. The Kier molecular flexibility index (Phi) is 5.25. The zero-order chi connectivity index (χ0) is 18.7. The van der Waals surface area contributed by atoms with E-state index in [9.17, 15) is 9.59 Å². The van der Waals surface area contributed by atoms with Crippen LogP contribution in [0.5, 0.6) is 0 Å². The van der Waals surface area contributed by atoms with Gasteiger partial charge < -0.3 is 0 Å². The van der Waals surface area contributed by atoms with Crippen LogP contribution < -0.4 is 5.32 Å². The standard InChI is InChI=1S/C19H14ClN3O2S/c1-2-9-23-18(25)16(17(24)22-19(23)26)10-13-11-21-8-7-15(13)12-3-5-14(20)6-4-12/h2-8,10-11H,1,9H2,(H,22,24,26). The molecule has 1 fully saturated rings. The van der Waals surface area contributed by atoms with E-state index >= 15 is 0 Å². The Bertz CT molecular complexity index is 938. The third-order valence-corrected chi connectivity index (χ3v) is 4.38. The van der Waals surface area contributed by atoms with Gasteiger partial charge in [0.15, 0.2) is 5.11 Å². The number of carbonyl (C=O) groups excluding carboxylic acids is 2. The molecule has 0 saturated carbocycles. The predicted molar refractivity (Wildman–Crippen MR) is 105 cm³/mol. The van der Waals surface area contributed by atoms with Gasteiger partial charge in [0, 0.05) is 29.5 Å². The van der Waals surface area contributed by atoms with Crippen molar-refractivity contribution in [1.29, 1.82) is 0 Å². The zero-order valence-corrected chi connectivity index (χ0v) is 15.2. The van der Waals surface area contributed by atoms with Crippen LogP contribution in [-0.4, -0.2) is 33.4 Å². The van der Waals surface area contributed by atoms with Gasteiger partial charge in [0.2, 0.25) is 0 Å². The average Bonchev–Trinajstić information content (AvgIpc) is 2.63. The molecular weight excluding hydrogens is 370 g/mol. The van der Waals surface area contributed by atoms with Crippen molar-refractivity contribution in [3.05, 3.63) is 71.5 Å². The zero-order valence-electron chi connectivity index (χ0n) is 13.6. The number of thiocarbonyl (C=S) groups is 1. The van der Waals surface area contributed by atoms with E-state index in [2.05, 4.69) is 16.9 Å². The lowest BCUT2D eigenvalue weighted by Crippen LogP contribution is -2.53. The Morgan fingerprint density at radius 1 is 1.23 bits per heavy atom. The van der Waals surface area contributed by atoms with Gasteiger partial charge in [-0.1, -0.05) is 29.8 Å². The molecule has 130 valence electrons. The molecule has 7 heteroatoms. The summed E-state index contributed by atoms with van der Waals surface area (Å²) in [6.07, 6.45) is 6.31. The molecular formula is C19H14ClN3O2S. The highest BCUT2D eigenvalue weighted by Gasteiger charge is 2.32. The summed E-state index contributed by atoms with van der Waals surface area (Å²) >= 11 is 11.0. The molecule has 0 aliphatic carbocycles. The van der Waals surface area contributed by atoms with Gasteiger partial charge in [-0.05, 0) is 47.6 Å². The maximum absolute atomic E-state index is 12.7. The summed E-state index contributed by atoms with van der Waals surface area (Å²) in [5.41, 5.74) is 2.35. The minimum atomic E-state index is -0.536. The van der Waals surface area contributed by atoms with Crippen LogP contribution in [0.25, 0.3) is 17.2 Å². The number of carbonyl (C=O) groups is 2. The molecule has 0 radical (unpaired) electrons. The van der Waals surface area contributed by atoms with Crippen molar-refractivity contribution in [2.75, 3.05) is 6.54 Å². The highest BCUT2D eigenvalue weighted by Crippen LogP contribution is 2.27. The Morgan fingerprint density at radius 3 is 2.65 bits per heavy atom. The molecule has 0 bridgehead atoms. The summed E-state index contributed by atoms with van der Waals surface area (Å²) in [6.45, 7) is 3.82. The van der Waals surface area contributed by atoms with E-state index in [0.717, 1.165) is 11.1 Å². The lowest BCUT2D eigenvalue weighted by molar-refractivity contribution is -0.128. The van der Waals surface area contributed by atoms with Crippen LogP contribution in [0.4, 0.5) is 0 Å². The molecule has 1 aliphatic heterocycles. The number of rotatable bonds is 4. The normalized spacial score (nSPS) is 16.0. The van der Waals surface area contributed by atoms with Crippen molar-refractivity contribution < 1.29 is 9.59 Å². The maximum atomic E-state index is 12.7. The Balaban J connectivity index is 2.05. The molecule has 1 N–H and O–H groups in total. The quantitative estimate of drug-likeness (QED) is 0.381. The maximum Gasteiger partial charge on any atom is 0.265 e. The molecule has 0 atom stereocenters. The van der Waals surface area contributed by atoms with Crippen LogP contribution in [0.2, 0.25) is 5.02 Å². The summed E-state index contributed by atoms with van der Waals surface area (Å²) < 4.78 is 0. The first-order valence-electron chi connectivity index (χ1n) is 7.71. The molecule has 1 aromatic carbocycles. The van der Waals surface area contributed by atoms with E-state index in [-0.39, 0.29) is 17.2 Å². The lowest BCUT2D eigenvalue weighted by Gasteiger charge is -2.27. The van der Waals surface area contributed by atoms with Crippen LogP contribution in [0.3, 0.4) is 0 Å². The highest BCUT2D eigenvalue weighted by atomic mass is 35.5. The molecule has 1 aromatic heterocycles. The SMILES string of the molecule is C=CCN1C(=O)C(=Cc2cnccc2-c2ccc(Cl)cc2)C(=O)NC1=S. The van der Waals surface area contributed by atoms with Gasteiger partial charge >= 0.3 is 0 Å². The fourth-order valence-corrected chi connectivity index (χ4v) is 2.93. The van der Waals surface area contributed by atoms with Crippen LogP contribution in [0.1, 0.15) is 5.56 Å². The minimum absolute atomic E-state index is 0.0105. The van der Waals surface area contributed by atoms with Gasteiger partial charge in [-0.15, -0.1) is 6.58 Å². The Morgan fingerprint density at radius 2 is 1.96 bits per heavy atom. The first-order valence-corrected chi connectivity index (χ1v) is 8.49. The number of hydrogen-bond acceptors (Lipinski definition) is 4. The van der Waals surface area contributed by atoms with Crippen LogP contribution >= 0.6 is 23.8 Å². The second-order valence-corrected chi connectivity index (χ2v) is 6.31. The summed E-state index contributed by atoms with van der Waals surface area (Å²) in [5.74, 6) is -1.00. The minimum Gasteiger partial charge on any atom is -0.298 e. The molecule has 1 aliphatic rings. The molecule has 3 rings (SSSR count). The van der Waals surface area contributed by atoms with Crippen molar-refractivity contribution in [3.8, 4) is 11.1 Å². The van der Waals surface area contributed by atoms with Crippen molar-refractivity contribution in [1.82, 2.24) is 15.2 Å². The highest BCUT2D eigenvalue weighted by molar-refractivity contribution is 7.80. The second-order valence-electron chi connectivity index (χ2n) is 5.49. The summed E-state index contributed by atoms with van der Waals surface area (Å²) in [5, 5.41) is 3.22. The van der Waals surface area contributed by atoms with Crippen molar-refractivity contribution in [2.24, 2.45) is 0 Å². The Labute approximate surface area is 161 Å². The number of pyridine rings is 1. The number of nitrogens with zero attached hydrogens (tertiary/aromatic N) is 2. The number of benzene rings is 1. The number of aromatic nitrogens is 1. The topological polar surface area (TPSA) is 62.3 Å². The van der Waals surface area contributed by atoms with E-state index in [1.165, 1.54) is 11.0 Å². The van der Waals surface area contributed by atoms with Crippen LogP contribution in [-0.2, 0) is 9.59 Å². The van der Waals surface area contributed by atoms with Gasteiger partial charge in [0.05, 0.1) is 0 Å². The lowest BCUT2D eigenvalue weighted by atomic mass is 9.99. The van der Waals surface area contributed by atoms with E-state index < -0.39 is 11.8 Å². The average molecular weight is 384 g/mol. The van der Waals surface area contributed by atoms with Crippen molar-refractivity contribution in [3.63, 3.8) is 0 Å². The van der Waals surface area contributed by atoms with Crippen molar-refractivity contribution in [2.45, 2.75) is 0 Å². The summed E-state index contributed by atoms with van der Waals surface area (Å²) in [6, 6.07) is 9.09. The third-order valence-electron chi connectivity index (χ3n) is 3.80. The first-order chi connectivity index (χ1) is 12.5. The fourth-order valence-electron chi connectivity index (χ4n) is 2.56. The third kappa shape index (κ3) is 3.56. The van der Waals surface area contributed by atoms with Crippen molar-refractivity contribution >= 4 is 46.8 Å². The number of nitrogens with one attached hydrogen (secondary N) is 1. The van der Waals surface area contributed by atoms with Gasteiger partial charge in [-0.3, -0.25) is 24.8 Å². The van der Waals surface area contributed by atoms with Gasteiger partial charge in [-0.2, -0.15) is 0 Å². The molecule has 2 amide bonds. The van der Waals surface area contributed by atoms with Gasteiger partial charge in [-0.25, -0.2) is 0 Å². The van der Waals surface area contributed by atoms with E-state index in [4.69, 9.17) is 23.8 Å². The molecule has 1 saturated heterocycles. The smallest absolute Gasteiger partial charge is 0.265 e. The predicted octanol–water partition coefficient (Wildman–Crippen LogP) is 3.21. The molecule has 26 heavy (non-hydrogen) atoms. The van der Waals surface area contributed by atoms with Gasteiger partial charge in [0.1, 0.15) is 5.57 Å². The molecule has 0 spiro atoms.